The third kappa shape index (κ3) is 5.72. The van der Waals surface area contributed by atoms with E-state index in [1.54, 1.807) is 24.3 Å². The minimum atomic E-state index is -2.81. The Bertz CT molecular complexity index is 1290. The van der Waals surface area contributed by atoms with Crippen molar-refractivity contribution >= 4 is 17.0 Å². The Balaban J connectivity index is 1.49. The van der Waals surface area contributed by atoms with Crippen LogP contribution in [-0.4, -0.2) is 48.7 Å². The number of oxazole rings is 1. The fourth-order valence-corrected chi connectivity index (χ4v) is 3.94. The van der Waals surface area contributed by atoms with Crippen LogP contribution < -0.4 is 16.4 Å². The van der Waals surface area contributed by atoms with Crippen LogP contribution in [0.5, 0.6) is 0 Å². The van der Waals surface area contributed by atoms with E-state index in [0.717, 1.165) is 24.6 Å². The molecule has 2 atom stereocenters. The van der Waals surface area contributed by atoms with Crippen molar-refractivity contribution in [2.45, 2.75) is 38.0 Å². The molecule has 1 aliphatic heterocycles. The molecule has 2 aromatic carbocycles. The maximum absolute atomic E-state index is 14.5. The number of nitrogens with one attached hydrogen (secondary N) is 2. The molecule has 1 fully saturated rings. The number of carbonyl (C=O) groups excluding carboxylic acids is 1. The first-order valence-corrected chi connectivity index (χ1v) is 11.1. The molecule has 1 amide bonds. The lowest BCUT2D eigenvalue weighted by atomic mass is 10.0. The summed E-state index contributed by atoms with van der Waals surface area (Å²) >= 11 is 0. The van der Waals surface area contributed by atoms with Gasteiger partial charge >= 0.3 is 5.76 Å². The maximum Gasteiger partial charge on any atom is 0.420 e. The van der Waals surface area contributed by atoms with E-state index >= 15 is 0 Å². The Labute approximate surface area is 198 Å². The first kappa shape index (κ1) is 24.5. The van der Waals surface area contributed by atoms with Crippen molar-refractivity contribution in [3.8, 4) is 17.2 Å². The second-order valence-electron chi connectivity index (χ2n) is 8.18. The van der Waals surface area contributed by atoms with Gasteiger partial charge in [-0.1, -0.05) is 24.3 Å². The summed E-state index contributed by atoms with van der Waals surface area (Å²) in [4.78, 5) is 24.3. The Morgan fingerprint density at radius 1 is 1.26 bits per heavy atom. The van der Waals surface area contributed by atoms with Crippen molar-refractivity contribution in [1.82, 2.24) is 15.2 Å². The van der Waals surface area contributed by atoms with Crippen molar-refractivity contribution in [2.24, 2.45) is 0 Å². The number of halogens is 3. The minimum absolute atomic E-state index is 0.0585. The Morgan fingerprint density at radius 2 is 2.03 bits per heavy atom. The number of nitrogens with zero attached hydrogens (tertiary/aromatic N) is 2. The highest BCUT2D eigenvalue weighted by Gasteiger charge is 2.23. The van der Waals surface area contributed by atoms with Crippen molar-refractivity contribution in [3.63, 3.8) is 0 Å². The lowest BCUT2D eigenvalue weighted by molar-refractivity contribution is -0.132. The summed E-state index contributed by atoms with van der Waals surface area (Å²) in [6.07, 6.45) is -2.42. The fourth-order valence-electron chi connectivity index (χ4n) is 3.94. The zero-order valence-electron chi connectivity index (χ0n) is 18.6. The van der Waals surface area contributed by atoms with Crippen molar-refractivity contribution in [1.29, 1.82) is 5.26 Å². The Morgan fingerprint density at radius 3 is 2.74 bits per heavy atom. The summed E-state index contributed by atoms with van der Waals surface area (Å²) < 4.78 is 51.3. The molecule has 3 aromatic rings. The van der Waals surface area contributed by atoms with Gasteiger partial charge in [0.1, 0.15) is 12.1 Å². The molecule has 8 nitrogen and oxygen atoms in total. The van der Waals surface area contributed by atoms with E-state index in [1.807, 2.05) is 0 Å². The number of nitriles is 1. The van der Waals surface area contributed by atoms with Gasteiger partial charge in [0.25, 0.3) is 12.3 Å². The summed E-state index contributed by atoms with van der Waals surface area (Å²) in [7, 11) is 0. The molecule has 184 valence electrons. The molecule has 35 heavy (non-hydrogen) atoms. The SMILES string of the molecule is N#C[C@H](Cc1ccc(-c2cc(F)c3oc(=O)n(CC(F)F)c3c2)cc1)NC(=O)[C@@H]1CNCCCO1. The zero-order chi connectivity index (χ0) is 24.9. The van der Waals surface area contributed by atoms with Crippen LogP contribution in [0.2, 0.25) is 0 Å². The molecule has 0 saturated carbocycles. The molecular formula is C24H23F3N4O4. The monoisotopic (exact) mass is 488 g/mol. The average molecular weight is 488 g/mol. The molecule has 0 spiro atoms. The number of alkyl halides is 2. The van der Waals surface area contributed by atoms with Crippen molar-refractivity contribution in [3.05, 3.63) is 58.3 Å². The third-order valence-electron chi connectivity index (χ3n) is 5.68. The van der Waals surface area contributed by atoms with Crippen LogP contribution in [0.15, 0.2) is 45.6 Å². The largest absolute Gasteiger partial charge is 0.420 e. The number of rotatable bonds is 7. The van der Waals surface area contributed by atoms with Gasteiger partial charge in [0.05, 0.1) is 18.1 Å². The number of ether oxygens (including phenoxy) is 1. The quantitative estimate of drug-likeness (QED) is 0.529. The molecule has 1 aromatic heterocycles. The van der Waals surface area contributed by atoms with Gasteiger partial charge in [0.15, 0.2) is 11.4 Å². The van der Waals surface area contributed by atoms with Crippen molar-refractivity contribution < 1.29 is 27.1 Å². The molecule has 1 saturated heterocycles. The maximum atomic E-state index is 14.5. The molecule has 11 heteroatoms. The minimum Gasteiger partial charge on any atom is -0.405 e. The molecule has 2 heterocycles. The summed E-state index contributed by atoms with van der Waals surface area (Å²) in [6.45, 7) is 0.699. The van der Waals surface area contributed by atoms with Gasteiger partial charge in [-0.3, -0.25) is 9.36 Å². The number of benzene rings is 2. The van der Waals surface area contributed by atoms with Gasteiger partial charge in [-0.25, -0.2) is 18.0 Å². The van der Waals surface area contributed by atoms with Crippen LogP contribution in [0.25, 0.3) is 22.2 Å². The predicted octanol–water partition coefficient (Wildman–Crippen LogP) is 2.60. The summed E-state index contributed by atoms with van der Waals surface area (Å²) in [5.74, 6) is -2.25. The van der Waals surface area contributed by atoms with Gasteiger partial charge in [-0.05, 0) is 41.8 Å². The van der Waals surface area contributed by atoms with E-state index in [-0.39, 0.29) is 23.4 Å². The first-order valence-electron chi connectivity index (χ1n) is 11.1. The highest BCUT2D eigenvalue weighted by Crippen LogP contribution is 2.27. The number of hydrogen-bond acceptors (Lipinski definition) is 6. The zero-order valence-corrected chi connectivity index (χ0v) is 18.6. The van der Waals surface area contributed by atoms with Gasteiger partial charge in [-0.15, -0.1) is 0 Å². The van der Waals surface area contributed by atoms with Gasteiger partial charge < -0.3 is 19.8 Å². The Kier molecular flexibility index (Phi) is 7.53. The average Bonchev–Trinajstić information content (AvgIpc) is 3.01. The van der Waals surface area contributed by atoms with Crippen LogP contribution in [0, 0.1) is 17.1 Å². The summed E-state index contributed by atoms with van der Waals surface area (Å²) in [5, 5.41) is 15.3. The number of fused-ring (bicyclic) bond motifs is 1. The highest BCUT2D eigenvalue weighted by molar-refractivity contribution is 5.82. The highest BCUT2D eigenvalue weighted by atomic mass is 19.3. The first-order chi connectivity index (χ1) is 16.9. The van der Waals surface area contributed by atoms with E-state index in [9.17, 15) is 28.0 Å². The van der Waals surface area contributed by atoms with Crippen molar-refractivity contribution in [2.75, 3.05) is 19.7 Å². The van der Waals surface area contributed by atoms with Gasteiger partial charge in [0.2, 0.25) is 0 Å². The van der Waals surface area contributed by atoms with E-state index in [0.29, 0.717) is 28.8 Å². The summed E-state index contributed by atoms with van der Waals surface area (Å²) in [5.41, 5.74) is 1.25. The summed E-state index contributed by atoms with van der Waals surface area (Å²) in [6, 6.07) is 10.7. The number of carbonyl (C=O) groups is 1. The van der Waals surface area contributed by atoms with Crippen LogP contribution in [-0.2, 0) is 22.5 Å². The van der Waals surface area contributed by atoms with Crippen LogP contribution in [0.3, 0.4) is 0 Å². The van der Waals surface area contributed by atoms with E-state index in [2.05, 4.69) is 16.7 Å². The molecule has 1 aliphatic rings. The van der Waals surface area contributed by atoms with Crippen LogP contribution in [0.1, 0.15) is 12.0 Å². The van der Waals surface area contributed by atoms with Gasteiger partial charge in [-0.2, -0.15) is 5.26 Å². The smallest absolute Gasteiger partial charge is 0.405 e. The lowest BCUT2D eigenvalue weighted by Crippen LogP contribution is -2.46. The van der Waals surface area contributed by atoms with Crippen LogP contribution in [0.4, 0.5) is 13.2 Å². The lowest BCUT2D eigenvalue weighted by Gasteiger charge is -2.18. The van der Waals surface area contributed by atoms with E-state index in [1.165, 1.54) is 6.07 Å². The second kappa shape index (κ2) is 10.8. The second-order valence-corrected chi connectivity index (χ2v) is 8.18. The molecule has 0 unspecified atom stereocenters. The predicted molar refractivity (Wildman–Crippen MR) is 120 cm³/mol. The number of amides is 1. The molecule has 0 radical (unpaired) electrons. The molecule has 4 rings (SSSR count). The van der Waals surface area contributed by atoms with E-state index in [4.69, 9.17) is 9.15 Å². The fraction of sp³-hybridized carbons (Fsp3) is 0.375. The Hall–Kier alpha value is -3.62. The van der Waals surface area contributed by atoms with Gasteiger partial charge in [0, 0.05) is 19.6 Å². The molecule has 0 aliphatic carbocycles. The topological polar surface area (TPSA) is 109 Å². The normalized spacial score (nSPS) is 17.2. The number of hydrogen-bond donors (Lipinski definition) is 2. The third-order valence-corrected chi connectivity index (χ3v) is 5.68. The standard InChI is InChI=1S/C24H23F3N4O4/c25-18-9-16(10-19-22(18)35-24(33)31(19)13-21(26)27)15-4-2-14(3-5-15)8-17(11-28)30-23(32)20-12-29-6-1-7-34-20/h2-5,9-10,17,20-21,29H,1,6-8,12-13H2,(H,30,32)/t17-,20-/m0/s1. The molecule has 2 N–H and O–H groups in total. The van der Waals surface area contributed by atoms with Crippen LogP contribution >= 0.6 is 0 Å². The molecular weight excluding hydrogens is 465 g/mol. The molecule has 0 bridgehead atoms. The number of aromatic nitrogens is 1. The van der Waals surface area contributed by atoms with E-state index < -0.39 is 36.7 Å².